The van der Waals surface area contributed by atoms with Crippen LogP contribution in [0.1, 0.15) is 0 Å². The lowest BCUT2D eigenvalue weighted by Crippen LogP contribution is -2.07. The summed E-state index contributed by atoms with van der Waals surface area (Å²) >= 11 is 3.60. The summed E-state index contributed by atoms with van der Waals surface area (Å²) in [7, 11) is 0. The zero-order chi connectivity index (χ0) is 70.7. The molecule has 0 amide bonds. The van der Waals surface area contributed by atoms with Crippen LogP contribution in [0.5, 0.6) is 0 Å². The Morgan fingerprint density at radius 1 is 0.185 bits per heavy atom. The quantitative estimate of drug-likeness (QED) is 0.135. The second-order valence-electron chi connectivity index (χ2n) is 27.7. The first-order valence-corrected chi connectivity index (χ1v) is 37.9. The number of para-hydroxylation sites is 4. The van der Waals surface area contributed by atoms with Gasteiger partial charge in [-0.2, -0.15) is 19.9 Å². The third-order valence-electron chi connectivity index (χ3n) is 21.7. The molecule has 0 bridgehead atoms. The molecule has 12 heteroatoms. The summed E-state index contributed by atoms with van der Waals surface area (Å²) in [5, 5.41) is 13.5. The Morgan fingerprint density at radius 3 is 1.00 bits per heavy atom. The van der Waals surface area contributed by atoms with Crippen molar-refractivity contribution in [3.63, 3.8) is 0 Å². The van der Waals surface area contributed by atoms with Gasteiger partial charge in [0.15, 0.2) is 23.3 Å². The molecule has 8 aromatic heterocycles. The number of rotatable bonds is 10. The van der Waals surface area contributed by atoms with E-state index in [2.05, 4.69) is 358 Å². The van der Waals surface area contributed by atoms with Crippen LogP contribution in [-0.4, -0.2) is 48.2 Å². The molecule has 0 saturated carbocycles. The van der Waals surface area contributed by atoms with Crippen molar-refractivity contribution >= 4 is 150 Å². The zero-order valence-corrected chi connectivity index (χ0v) is 59.3. The van der Waals surface area contributed by atoms with Gasteiger partial charge in [0.1, 0.15) is 0 Å². The molecule has 0 N–H and O–H groups in total. The fourth-order valence-corrected chi connectivity index (χ4v) is 19.0. The van der Waals surface area contributed by atoms with Crippen molar-refractivity contribution in [3.8, 4) is 91.1 Å². The molecular weight excluding hydrogens is 1360 g/mol. The van der Waals surface area contributed by atoms with E-state index < -0.39 is 0 Å². The van der Waals surface area contributed by atoms with Gasteiger partial charge in [0.25, 0.3) is 0 Å². The monoisotopic (exact) mass is 1410 g/mol. The maximum atomic E-state index is 5.75. The largest absolute Gasteiger partial charge is 0.309 e. The summed E-state index contributed by atoms with van der Waals surface area (Å²) in [6.45, 7) is 0. The number of hydrogen-bond donors (Lipinski definition) is 0. The van der Waals surface area contributed by atoms with Crippen LogP contribution in [0.2, 0.25) is 0 Å². The van der Waals surface area contributed by atoms with Gasteiger partial charge in [0.05, 0.1) is 44.1 Å². The average molecular weight is 1410 g/mol. The zero-order valence-electron chi connectivity index (χ0n) is 57.6. The van der Waals surface area contributed by atoms with Crippen LogP contribution in [0.15, 0.2) is 340 Å². The molecule has 0 unspecified atom stereocenters. The Morgan fingerprint density at radius 2 is 0.528 bits per heavy atom. The van der Waals surface area contributed by atoms with Crippen molar-refractivity contribution in [1.82, 2.24) is 48.2 Å². The van der Waals surface area contributed by atoms with Gasteiger partial charge >= 0.3 is 0 Å². The van der Waals surface area contributed by atoms with Gasteiger partial charge in [-0.3, -0.25) is 9.13 Å². The van der Waals surface area contributed by atoms with Gasteiger partial charge in [-0.25, -0.2) is 9.97 Å². The first kappa shape index (κ1) is 60.4. The van der Waals surface area contributed by atoms with Gasteiger partial charge in [-0.1, -0.05) is 212 Å². The Labute approximate surface area is 624 Å². The van der Waals surface area contributed by atoms with E-state index in [-0.39, 0.29) is 0 Å². The molecule has 0 saturated heterocycles. The van der Waals surface area contributed by atoms with Crippen LogP contribution in [0.4, 0.5) is 0 Å². The molecule has 0 atom stereocenters. The number of thiophene rings is 2. The molecule has 502 valence electrons. The van der Waals surface area contributed by atoms with E-state index in [4.69, 9.17) is 29.9 Å². The van der Waals surface area contributed by atoms with E-state index in [0.29, 0.717) is 35.2 Å². The third-order valence-corrected chi connectivity index (χ3v) is 24.0. The van der Waals surface area contributed by atoms with Crippen molar-refractivity contribution in [2.75, 3.05) is 0 Å². The van der Waals surface area contributed by atoms with Crippen molar-refractivity contribution in [3.05, 3.63) is 340 Å². The molecular formula is C96H56N10S2. The second kappa shape index (κ2) is 23.7. The van der Waals surface area contributed by atoms with Gasteiger partial charge < -0.3 is 9.13 Å². The molecule has 0 aliphatic heterocycles. The summed E-state index contributed by atoms with van der Waals surface area (Å²) in [6.07, 6.45) is 0. The summed E-state index contributed by atoms with van der Waals surface area (Å²) in [5.74, 6) is 3.11. The minimum Gasteiger partial charge on any atom is -0.309 e. The van der Waals surface area contributed by atoms with E-state index >= 15 is 0 Å². The molecule has 10 nitrogen and oxygen atoms in total. The van der Waals surface area contributed by atoms with E-state index in [1.165, 1.54) is 51.1 Å². The molecule has 23 aromatic rings. The molecule has 0 aliphatic carbocycles. The van der Waals surface area contributed by atoms with Crippen molar-refractivity contribution in [2.24, 2.45) is 0 Å². The predicted octanol–water partition coefficient (Wildman–Crippen LogP) is 25.2. The van der Waals surface area contributed by atoms with Gasteiger partial charge in [-0.15, -0.1) is 22.7 Å². The minimum atomic E-state index is 0.456. The molecule has 0 radical (unpaired) electrons. The molecule has 108 heavy (non-hydrogen) atoms. The van der Waals surface area contributed by atoms with E-state index in [1.807, 2.05) is 0 Å². The maximum absolute atomic E-state index is 5.75. The van der Waals surface area contributed by atoms with Crippen molar-refractivity contribution in [1.29, 1.82) is 0 Å². The average Bonchev–Trinajstić information content (AvgIpc) is 1.54. The lowest BCUT2D eigenvalue weighted by atomic mass is 10.0. The standard InChI is InChI=1S/C96H56N10S2/c1-3-21-57(22-4-1)59-41-46-82-74(53-59)73-45-48-84-89(90(73)106(82)96-101-93(63-43-49-87-75(55-63)71-33-11-17-39-85(71)107-87)98-94(102-96)64-44-50-88-76(56-64)72-34-12-18-40-86(72)108-88)77-54-60(58-23-5-2-6-24-58)42-47-83(77)105(84)95-99-91(61-25-19-27-65(51-61)103-78-35-13-7-29-67(78)68-30-8-14-36-79(68)103)97-92(100-95)62-26-20-28-66(52-62)104-80-37-15-9-31-69(80)70-32-10-16-38-81(70)104/h1-56H. The molecule has 15 aromatic carbocycles. The number of benzene rings is 15. The summed E-state index contributed by atoms with van der Waals surface area (Å²) in [5.41, 5.74) is 17.9. The first-order valence-electron chi connectivity index (χ1n) is 36.2. The predicted molar refractivity (Wildman–Crippen MR) is 449 cm³/mol. The maximum Gasteiger partial charge on any atom is 0.238 e. The summed E-state index contributed by atoms with van der Waals surface area (Å²) < 4.78 is 14.1. The lowest BCUT2D eigenvalue weighted by Gasteiger charge is -2.14. The van der Waals surface area contributed by atoms with Crippen LogP contribution >= 0.6 is 22.7 Å². The minimum absolute atomic E-state index is 0.456. The van der Waals surface area contributed by atoms with Crippen LogP contribution in [0, 0.1) is 0 Å². The Bertz CT molecular complexity index is 7290. The van der Waals surface area contributed by atoms with E-state index in [0.717, 1.165) is 132 Å². The highest BCUT2D eigenvalue weighted by Crippen LogP contribution is 2.46. The highest BCUT2D eigenvalue weighted by molar-refractivity contribution is 7.26. The van der Waals surface area contributed by atoms with E-state index in [1.54, 1.807) is 22.7 Å². The smallest absolute Gasteiger partial charge is 0.238 e. The van der Waals surface area contributed by atoms with E-state index in [9.17, 15) is 0 Å². The van der Waals surface area contributed by atoms with Gasteiger partial charge in [0, 0.05) is 117 Å². The van der Waals surface area contributed by atoms with Crippen LogP contribution in [0.25, 0.3) is 219 Å². The Kier molecular flexibility index (Phi) is 13.3. The normalized spacial score (nSPS) is 12.1. The number of hydrogen-bond acceptors (Lipinski definition) is 8. The number of aromatic nitrogens is 10. The summed E-state index contributed by atoms with van der Waals surface area (Å²) in [6, 6.07) is 122. The SMILES string of the molecule is c1ccc(-c2ccc3c(c2)c2c(ccc4c5cc(-c6ccccc6)ccc5n(-c5nc(-c6ccc7sc8ccccc8c7c6)nc(-c6ccc7sc8ccccc8c7c6)n5)c42)n3-c2nc(-c3cccc(-n4c5ccccc5c5ccccc54)c3)nc(-c3cccc(-n4c5ccccc5c5ccccc54)c3)n2)cc1. The second-order valence-corrected chi connectivity index (χ2v) is 29.9. The fraction of sp³-hybridized carbons (Fsp3) is 0. The summed E-state index contributed by atoms with van der Waals surface area (Å²) in [4.78, 5) is 34.2. The Hall–Kier alpha value is -14.0. The molecule has 0 fully saturated rings. The number of fused-ring (bicyclic) bond motifs is 19. The Balaban J connectivity index is 0.816. The highest BCUT2D eigenvalue weighted by atomic mass is 32.1. The van der Waals surface area contributed by atoms with Crippen LogP contribution in [-0.2, 0) is 0 Å². The van der Waals surface area contributed by atoms with Crippen LogP contribution < -0.4 is 0 Å². The first-order chi connectivity index (χ1) is 53.5. The molecule has 23 rings (SSSR count). The van der Waals surface area contributed by atoms with Gasteiger partial charge in [-0.05, 0) is 150 Å². The molecule has 0 spiro atoms. The van der Waals surface area contributed by atoms with Crippen LogP contribution in [0.3, 0.4) is 0 Å². The number of nitrogens with zero attached hydrogens (tertiary/aromatic N) is 10. The highest BCUT2D eigenvalue weighted by Gasteiger charge is 2.28. The topological polar surface area (TPSA) is 97.1 Å². The third kappa shape index (κ3) is 9.37. The van der Waals surface area contributed by atoms with Gasteiger partial charge in [0.2, 0.25) is 11.9 Å². The van der Waals surface area contributed by atoms with Crippen molar-refractivity contribution < 1.29 is 0 Å². The van der Waals surface area contributed by atoms with Crippen molar-refractivity contribution in [2.45, 2.75) is 0 Å². The molecule has 8 heterocycles. The lowest BCUT2D eigenvalue weighted by molar-refractivity contribution is 0.951. The molecule has 0 aliphatic rings. The fourth-order valence-electron chi connectivity index (χ4n) is 16.8.